The predicted molar refractivity (Wildman–Crippen MR) is 254 cm³/mol. The normalized spacial score (nSPS) is 14.0. The van der Waals surface area contributed by atoms with Gasteiger partial charge in [0.1, 0.15) is 0 Å². The molecule has 0 spiro atoms. The van der Waals surface area contributed by atoms with Gasteiger partial charge >= 0.3 is 11.9 Å². The van der Waals surface area contributed by atoms with Crippen LogP contribution in [0.25, 0.3) is 22.3 Å². The molecule has 0 fully saturated rings. The largest absolute Gasteiger partial charge is 0.466 e. The molecule has 62 heavy (non-hydrogen) atoms. The first-order chi connectivity index (χ1) is 29.5. The average Bonchev–Trinajstić information content (AvgIpc) is 3.23. The quantitative estimate of drug-likeness (QED) is 0.0307. The molecule has 4 aromatic rings. The van der Waals surface area contributed by atoms with Gasteiger partial charge < -0.3 is 34.5 Å². The lowest BCUT2D eigenvalue weighted by Gasteiger charge is -2.31. The molecule has 0 bridgehead atoms. The first kappa shape index (κ1) is 52.7. The Morgan fingerprint density at radius 1 is 0.645 bits per heavy atom. The second-order valence-electron chi connectivity index (χ2n) is 17.0. The molecule has 0 radical (unpaired) electrons. The van der Waals surface area contributed by atoms with Crippen molar-refractivity contribution in [1.29, 1.82) is 0 Å². The summed E-state index contributed by atoms with van der Waals surface area (Å²) in [7, 11) is 0. The van der Waals surface area contributed by atoms with Gasteiger partial charge in [0.15, 0.2) is 0 Å². The molecular weight excluding hydrogens is 825 g/mol. The number of carbonyl (C=O) groups excluding carboxylic acids is 2. The fraction of sp³-hybridized carbons (Fsp3) is 0.469. The van der Waals surface area contributed by atoms with Crippen molar-refractivity contribution in [2.24, 2.45) is 22.7 Å². The maximum absolute atomic E-state index is 12.8. The number of halogens is 2. The van der Waals surface area contributed by atoms with Crippen LogP contribution >= 0.6 is 23.2 Å². The zero-order valence-electron chi connectivity index (χ0n) is 37.3. The van der Waals surface area contributed by atoms with Crippen molar-refractivity contribution in [3.63, 3.8) is 0 Å². The van der Waals surface area contributed by atoms with E-state index in [1.54, 1.807) is 34.4 Å². The lowest BCUT2D eigenvalue weighted by molar-refractivity contribution is -0.160. The first-order valence-corrected chi connectivity index (χ1v) is 22.5. The summed E-state index contributed by atoms with van der Waals surface area (Å²) in [6.07, 6.45) is 4.05. The van der Waals surface area contributed by atoms with Crippen LogP contribution in [0.2, 0.25) is 36.3 Å². The molecule has 0 aliphatic rings. The Labute approximate surface area is 380 Å². The third kappa shape index (κ3) is 17.8. The van der Waals surface area contributed by atoms with E-state index in [0.29, 0.717) is 61.6 Å². The van der Waals surface area contributed by atoms with Gasteiger partial charge in [-0.25, -0.2) is 0 Å². The molecule has 4 rings (SSSR count). The minimum Gasteiger partial charge on any atom is -0.466 e. The summed E-state index contributed by atoms with van der Waals surface area (Å²) < 4.78 is 16.2. The topological polar surface area (TPSA) is 143 Å². The van der Waals surface area contributed by atoms with Crippen LogP contribution < -0.4 is 0 Å². The molecule has 0 amide bonds. The summed E-state index contributed by atoms with van der Waals surface area (Å²) in [4.78, 5) is 25.1. The highest BCUT2D eigenvalue weighted by Gasteiger charge is 2.39. The molecule has 0 unspecified atom stereocenters. The van der Waals surface area contributed by atoms with Gasteiger partial charge in [-0.2, -0.15) is 0 Å². The van der Waals surface area contributed by atoms with Gasteiger partial charge in [0, 0.05) is 23.3 Å². The van der Waals surface area contributed by atoms with Gasteiger partial charge in [0.25, 0.3) is 13.8 Å². The van der Waals surface area contributed by atoms with E-state index in [2.05, 4.69) is 48.5 Å². The van der Waals surface area contributed by atoms with E-state index in [-0.39, 0.29) is 44.2 Å². The number of benzene rings is 4. The zero-order valence-corrected chi connectivity index (χ0v) is 38.8. The third-order valence-corrected chi connectivity index (χ3v) is 11.3. The predicted octanol–water partition coefficient (Wildman–Crippen LogP) is 9.87. The summed E-state index contributed by atoms with van der Waals surface area (Å²) in [5.41, 5.74) is 4.73. The van der Waals surface area contributed by atoms with Crippen molar-refractivity contribution < 1.29 is 44.1 Å². The number of hydrogen-bond acceptors (Lipinski definition) is 9. The third-order valence-electron chi connectivity index (χ3n) is 10.9. The highest BCUT2D eigenvalue weighted by atomic mass is 35.5. The second kappa shape index (κ2) is 26.8. The molecule has 336 valence electrons. The maximum Gasteiger partial charge on any atom is 0.314 e. The molecule has 0 aliphatic carbocycles. The Morgan fingerprint density at radius 2 is 1.06 bits per heavy atom. The Balaban J connectivity index is 0.000000333. The number of aliphatic hydroxyl groups is 2. The van der Waals surface area contributed by atoms with Crippen LogP contribution in [0.4, 0.5) is 0 Å². The van der Waals surface area contributed by atoms with Crippen molar-refractivity contribution >= 4 is 49.0 Å². The van der Waals surface area contributed by atoms with Crippen molar-refractivity contribution in [3.05, 3.63) is 118 Å². The highest BCUT2D eigenvalue weighted by molar-refractivity contribution is 6.48. The van der Waals surface area contributed by atoms with Crippen molar-refractivity contribution in [2.45, 2.75) is 86.1 Å². The summed E-state index contributed by atoms with van der Waals surface area (Å²) >= 11 is 12.2. The number of carbonyl (C=O) groups is 2. The van der Waals surface area contributed by atoms with Crippen molar-refractivity contribution in [1.82, 2.24) is 0 Å². The van der Waals surface area contributed by atoms with E-state index in [4.69, 9.17) is 42.5 Å². The lowest BCUT2D eigenvalue weighted by Crippen LogP contribution is -2.38. The van der Waals surface area contributed by atoms with Crippen LogP contribution in [0.1, 0.15) is 58.1 Å². The van der Waals surface area contributed by atoms with Gasteiger partial charge in [0.05, 0.1) is 37.3 Å². The van der Waals surface area contributed by atoms with Crippen LogP contribution in [0.3, 0.4) is 0 Å². The number of ether oxygens (including phenoxy) is 3. The molecule has 0 heterocycles. The van der Waals surface area contributed by atoms with Crippen LogP contribution in [0.15, 0.2) is 97.1 Å². The Morgan fingerprint density at radius 3 is 1.44 bits per heavy atom. The van der Waals surface area contributed by atoms with Gasteiger partial charge in [-0.05, 0) is 142 Å². The molecule has 13 heteroatoms. The number of aliphatic hydroxyl groups excluding tert-OH is 2. The zero-order chi connectivity index (χ0) is 45.7. The van der Waals surface area contributed by atoms with E-state index in [9.17, 15) is 24.7 Å². The summed E-state index contributed by atoms with van der Waals surface area (Å²) in [5, 5.41) is 40.3. The number of hydrogen-bond donors (Lipinski definition) is 4. The van der Waals surface area contributed by atoms with E-state index in [1.165, 1.54) is 0 Å². The van der Waals surface area contributed by atoms with E-state index < -0.39 is 30.6 Å². The summed E-state index contributed by atoms with van der Waals surface area (Å²) in [5.74, 6) is -0.582. The highest BCUT2D eigenvalue weighted by Crippen LogP contribution is 2.35. The first-order valence-electron chi connectivity index (χ1n) is 21.7. The molecule has 0 aliphatic heterocycles. The summed E-state index contributed by atoms with van der Waals surface area (Å²) in [6, 6.07) is 32.0. The van der Waals surface area contributed by atoms with Crippen molar-refractivity contribution in [3.8, 4) is 22.3 Å². The Hall–Kier alpha value is -3.67. The SMILES string of the molecule is CCOC(=O)[C@](C)(CO)C[C@H](CB(C)O)Cc1ccc(-c2cccc(Cl)c2)cc1.CCOC(=O)[C@](C)(COCCCO)C[C@H](CB(C)O)Cc1ccc(-c2cccc(Cl)c2)cc1. The number of esters is 2. The molecule has 0 saturated carbocycles. The van der Waals surface area contributed by atoms with E-state index in [1.807, 2.05) is 55.5 Å². The summed E-state index contributed by atoms with van der Waals surface area (Å²) in [6.45, 7) is 10.6. The minimum atomic E-state index is -0.976. The van der Waals surface area contributed by atoms with Crippen LogP contribution in [0.5, 0.6) is 0 Å². The molecule has 0 saturated heterocycles. The molecule has 4 atom stereocenters. The Bertz CT molecular complexity index is 1930. The molecule has 4 aromatic carbocycles. The molecule has 0 aromatic heterocycles. The van der Waals surface area contributed by atoms with Crippen LogP contribution in [-0.4, -0.2) is 85.7 Å². The standard InChI is InChI=1S/C26H36BClO5.C23H30BClO4/c1-4-33-25(30)26(2,19-32-14-6-13-29)17-21(18-27(3)31)15-20-9-11-22(12-10-20)23-7-5-8-24(28)16-23;1-4-29-22(27)23(2,16-26)14-18(15-24(3)28)12-17-8-10-19(11-9-17)20-6-5-7-21(25)13-20/h5,7-12,16,21,29,31H,4,6,13-15,17-19H2,1-3H3;5-11,13,18,26,28H,4,12,14-16H2,1-3H3/t21-,26+;18-,23+/m11/s1. The van der Waals surface area contributed by atoms with Crippen LogP contribution in [0, 0.1) is 22.7 Å². The molecule has 9 nitrogen and oxygen atoms in total. The van der Waals surface area contributed by atoms with Crippen LogP contribution in [-0.2, 0) is 36.6 Å². The fourth-order valence-electron chi connectivity index (χ4n) is 7.87. The number of rotatable bonds is 24. The van der Waals surface area contributed by atoms with Gasteiger partial charge in [0.2, 0.25) is 0 Å². The van der Waals surface area contributed by atoms with Gasteiger partial charge in [-0.1, -0.05) is 110 Å². The Kier molecular flexibility index (Phi) is 22.8. The average molecular weight is 892 g/mol. The van der Waals surface area contributed by atoms with E-state index >= 15 is 0 Å². The maximum atomic E-state index is 12.8. The fourth-order valence-corrected chi connectivity index (χ4v) is 8.25. The molecular formula is C49H66B2Cl2O9. The van der Waals surface area contributed by atoms with Crippen molar-refractivity contribution in [2.75, 3.05) is 39.6 Å². The van der Waals surface area contributed by atoms with E-state index in [0.717, 1.165) is 39.8 Å². The second-order valence-corrected chi connectivity index (χ2v) is 17.9. The van der Waals surface area contributed by atoms with Gasteiger partial charge in [-0.3, -0.25) is 9.59 Å². The monoisotopic (exact) mass is 890 g/mol. The van der Waals surface area contributed by atoms with Gasteiger partial charge in [-0.15, -0.1) is 0 Å². The molecule has 4 N–H and O–H groups in total. The smallest absolute Gasteiger partial charge is 0.314 e. The minimum absolute atomic E-state index is 0.0357. The lowest BCUT2D eigenvalue weighted by atomic mass is 9.60.